The van der Waals surface area contributed by atoms with Crippen LogP contribution in [0.2, 0.25) is 0 Å². The van der Waals surface area contributed by atoms with Crippen LogP contribution in [0.1, 0.15) is 39.1 Å². The summed E-state index contributed by atoms with van der Waals surface area (Å²) in [5.41, 5.74) is 2.13. The van der Waals surface area contributed by atoms with E-state index in [0.717, 1.165) is 32.2 Å². The van der Waals surface area contributed by atoms with Crippen molar-refractivity contribution < 1.29 is 18.0 Å². The summed E-state index contributed by atoms with van der Waals surface area (Å²) in [6, 6.07) is 13.3. The average Bonchev–Trinajstić information content (AvgIpc) is 3.15. The number of amides is 2. The van der Waals surface area contributed by atoms with Gasteiger partial charge in [-0.3, -0.25) is 9.59 Å². The first-order valence-electron chi connectivity index (χ1n) is 8.79. The van der Waals surface area contributed by atoms with E-state index < -0.39 is 9.84 Å². The summed E-state index contributed by atoms with van der Waals surface area (Å²) >= 11 is 0. The first-order chi connectivity index (χ1) is 12.8. The van der Waals surface area contributed by atoms with E-state index in [2.05, 4.69) is 5.32 Å². The predicted octanol–water partition coefficient (Wildman–Crippen LogP) is 2.72. The van der Waals surface area contributed by atoms with Gasteiger partial charge in [0, 0.05) is 36.2 Å². The van der Waals surface area contributed by atoms with E-state index in [0.29, 0.717) is 22.4 Å². The van der Waals surface area contributed by atoms with Crippen molar-refractivity contribution in [3.63, 3.8) is 0 Å². The Kier molecular flexibility index (Phi) is 5.60. The fourth-order valence-electron chi connectivity index (χ4n) is 3.11. The minimum atomic E-state index is -3.17. The van der Waals surface area contributed by atoms with E-state index in [4.69, 9.17) is 0 Å². The maximum atomic E-state index is 12.4. The van der Waals surface area contributed by atoms with Gasteiger partial charge in [0.2, 0.25) is 0 Å². The number of nitrogens with zero attached hydrogens (tertiary/aromatic N) is 1. The van der Waals surface area contributed by atoms with Gasteiger partial charge in [0.1, 0.15) is 0 Å². The minimum Gasteiger partial charge on any atom is -0.339 e. The lowest BCUT2D eigenvalue weighted by Gasteiger charge is -2.15. The third-order valence-corrected chi connectivity index (χ3v) is 5.26. The molecule has 1 aliphatic rings. The van der Waals surface area contributed by atoms with Crippen LogP contribution >= 0.6 is 0 Å². The first kappa shape index (κ1) is 19.1. The van der Waals surface area contributed by atoms with Crippen LogP contribution in [0.3, 0.4) is 0 Å². The quantitative estimate of drug-likeness (QED) is 0.856. The second-order valence-corrected chi connectivity index (χ2v) is 8.94. The molecule has 1 saturated heterocycles. The van der Waals surface area contributed by atoms with Crippen LogP contribution in [0.4, 0.5) is 5.69 Å². The Morgan fingerprint density at radius 2 is 1.67 bits per heavy atom. The molecule has 0 atom stereocenters. The summed E-state index contributed by atoms with van der Waals surface area (Å²) in [6.07, 6.45) is 3.24. The molecule has 0 bridgehead atoms. The highest BCUT2D eigenvalue weighted by molar-refractivity contribution is 7.89. The molecule has 27 heavy (non-hydrogen) atoms. The Bertz CT molecular complexity index is 946. The Hall–Kier alpha value is -2.67. The number of carbonyl (C=O) groups excluding carboxylic acids is 2. The van der Waals surface area contributed by atoms with Gasteiger partial charge in [-0.2, -0.15) is 0 Å². The van der Waals surface area contributed by atoms with Crippen LogP contribution in [-0.2, 0) is 15.6 Å². The maximum Gasteiger partial charge on any atom is 0.255 e. The molecule has 0 aromatic heterocycles. The molecule has 6 nitrogen and oxygen atoms in total. The molecule has 142 valence electrons. The lowest BCUT2D eigenvalue weighted by molar-refractivity contribution is 0.0792. The third-order valence-electron chi connectivity index (χ3n) is 4.40. The Balaban J connectivity index is 1.67. The van der Waals surface area contributed by atoms with E-state index in [1.165, 1.54) is 0 Å². The van der Waals surface area contributed by atoms with E-state index in [-0.39, 0.29) is 17.6 Å². The lowest BCUT2D eigenvalue weighted by atomic mass is 10.1. The minimum absolute atomic E-state index is 0.0128. The van der Waals surface area contributed by atoms with Gasteiger partial charge >= 0.3 is 0 Å². The molecule has 0 unspecified atom stereocenters. The fraction of sp³-hybridized carbons (Fsp3) is 0.300. The number of rotatable bonds is 5. The van der Waals surface area contributed by atoms with Gasteiger partial charge in [-0.1, -0.05) is 12.1 Å². The van der Waals surface area contributed by atoms with E-state index in [1.54, 1.807) is 48.5 Å². The molecule has 0 aliphatic carbocycles. The number of carbonyl (C=O) groups is 2. The Morgan fingerprint density at radius 1 is 1.00 bits per heavy atom. The molecule has 1 N–H and O–H groups in total. The normalized spacial score (nSPS) is 14.2. The topological polar surface area (TPSA) is 83.5 Å². The summed E-state index contributed by atoms with van der Waals surface area (Å²) in [7, 11) is -3.17. The molecular formula is C20H22N2O4S. The SMILES string of the molecule is CS(=O)(=O)Cc1cccc(C(=O)Nc2ccc(C(=O)N3CCCC3)cc2)c1. The first-order valence-corrected chi connectivity index (χ1v) is 10.9. The van der Waals surface area contributed by atoms with Crippen LogP contribution in [0.5, 0.6) is 0 Å². The summed E-state index contributed by atoms with van der Waals surface area (Å²) in [6.45, 7) is 1.59. The summed E-state index contributed by atoms with van der Waals surface area (Å²) in [5.74, 6) is -0.427. The number of nitrogens with one attached hydrogen (secondary N) is 1. The molecule has 2 amide bonds. The number of anilines is 1. The third kappa shape index (κ3) is 5.17. The van der Waals surface area contributed by atoms with Gasteiger partial charge in [-0.15, -0.1) is 0 Å². The van der Waals surface area contributed by atoms with Crippen molar-refractivity contribution in [2.75, 3.05) is 24.7 Å². The van der Waals surface area contributed by atoms with Gasteiger partial charge in [0.05, 0.1) is 5.75 Å². The van der Waals surface area contributed by atoms with Crippen molar-refractivity contribution in [3.05, 3.63) is 65.2 Å². The van der Waals surface area contributed by atoms with Crippen LogP contribution < -0.4 is 5.32 Å². The summed E-state index contributed by atoms with van der Waals surface area (Å²) in [5, 5.41) is 2.77. The van der Waals surface area contributed by atoms with Crippen molar-refractivity contribution in [1.29, 1.82) is 0 Å². The number of benzene rings is 2. The molecule has 2 aromatic carbocycles. The number of hydrogen-bond acceptors (Lipinski definition) is 4. The molecule has 1 heterocycles. The number of hydrogen-bond donors (Lipinski definition) is 1. The van der Waals surface area contributed by atoms with E-state index in [9.17, 15) is 18.0 Å². The second-order valence-electron chi connectivity index (χ2n) is 6.80. The smallest absolute Gasteiger partial charge is 0.255 e. The van der Waals surface area contributed by atoms with Gasteiger partial charge in [-0.25, -0.2) is 8.42 Å². The zero-order chi connectivity index (χ0) is 19.4. The molecule has 7 heteroatoms. The average molecular weight is 386 g/mol. The van der Waals surface area contributed by atoms with Crippen LogP contribution in [-0.4, -0.2) is 44.5 Å². The van der Waals surface area contributed by atoms with Gasteiger partial charge in [0.15, 0.2) is 9.84 Å². The molecular weight excluding hydrogens is 364 g/mol. The largest absolute Gasteiger partial charge is 0.339 e. The van der Waals surface area contributed by atoms with Crippen LogP contribution in [0.25, 0.3) is 0 Å². The highest BCUT2D eigenvalue weighted by Gasteiger charge is 2.19. The lowest BCUT2D eigenvalue weighted by Crippen LogP contribution is -2.27. The molecule has 2 aromatic rings. The van der Waals surface area contributed by atoms with E-state index in [1.807, 2.05) is 4.90 Å². The van der Waals surface area contributed by atoms with Crippen molar-refractivity contribution in [3.8, 4) is 0 Å². The molecule has 3 rings (SSSR count). The van der Waals surface area contributed by atoms with Crippen molar-refractivity contribution in [2.45, 2.75) is 18.6 Å². The fourth-order valence-corrected chi connectivity index (χ4v) is 3.89. The molecule has 0 radical (unpaired) electrons. The standard InChI is InChI=1S/C20H22N2O4S/c1-27(25,26)14-15-5-4-6-17(13-15)19(23)21-18-9-7-16(8-10-18)20(24)22-11-2-3-12-22/h4-10,13H,2-3,11-12,14H2,1H3,(H,21,23). The van der Waals surface area contributed by atoms with Gasteiger partial charge in [0.25, 0.3) is 11.8 Å². The number of likely N-dealkylation sites (tertiary alicyclic amines) is 1. The molecule has 1 fully saturated rings. The predicted molar refractivity (Wildman–Crippen MR) is 105 cm³/mol. The zero-order valence-corrected chi connectivity index (χ0v) is 16.0. The molecule has 1 aliphatic heterocycles. The van der Waals surface area contributed by atoms with Crippen molar-refractivity contribution >= 4 is 27.3 Å². The Morgan fingerprint density at radius 3 is 2.30 bits per heavy atom. The van der Waals surface area contributed by atoms with Crippen LogP contribution in [0, 0.1) is 0 Å². The van der Waals surface area contributed by atoms with Gasteiger partial charge < -0.3 is 10.2 Å². The zero-order valence-electron chi connectivity index (χ0n) is 15.1. The monoisotopic (exact) mass is 386 g/mol. The summed E-state index contributed by atoms with van der Waals surface area (Å²) in [4.78, 5) is 26.6. The second kappa shape index (κ2) is 7.92. The Labute approximate surface area is 159 Å². The highest BCUT2D eigenvalue weighted by Crippen LogP contribution is 2.17. The van der Waals surface area contributed by atoms with E-state index >= 15 is 0 Å². The van der Waals surface area contributed by atoms with Gasteiger partial charge in [-0.05, 0) is 54.8 Å². The number of sulfone groups is 1. The summed E-state index contributed by atoms with van der Waals surface area (Å²) < 4.78 is 22.8. The molecule has 0 saturated carbocycles. The van der Waals surface area contributed by atoms with Crippen molar-refractivity contribution in [1.82, 2.24) is 4.90 Å². The van der Waals surface area contributed by atoms with Crippen LogP contribution in [0.15, 0.2) is 48.5 Å². The maximum absolute atomic E-state index is 12.4. The highest BCUT2D eigenvalue weighted by atomic mass is 32.2. The molecule has 0 spiro atoms. The van der Waals surface area contributed by atoms with Crippen molar-refractivity contribution in [2.24, 2.45) is 0 Å².